The maximum atomic E-state index is 10.6. The highest BCUT2D eigenvalue weighted by Crippen LogP contribution is 2.23. The van der Waals surface area contributed by atoms with Gasteiger partial charge in [0.15, 0.2) is 0 Å². The third-order valence-electron chi connectivity index (χ3n) is 5.87. The van der Waals surface area contributed by atoms with Gasteiger partial charge in [-0.1, -0.05) is 0 Å². The van der Waals surface area contributed by atoms with Gasteiger partial charge >= 0.3 is 0 Å². The zero-order chi connectivity index (χ0) is 14.8. The molecule has 0 amide bonds. The Morgan fingerprint density at radius 3 is 1.22 bits per heavy atom. The van der Waals surface area contributed by atoms with Gasteiger partial charge in [-0.25, -0.2) is 10.0 Å². The molecule has 0 aliphatic carbocycles. The quantitative estimate of drug-likeness (QED) is 0.306. The van der Waals surface area contributed by atoms with Crippen molar-refractivity contribution in [2.24, 2.45) is 10.6 Å². The van der Waals surface area contributed by atoms with Crippen molar-refractivity contribution in [3.63, 3.8) is 0 Å². The molecule has 0 aromatic heterocycles. The number of nitrogens with zero attached hydrogens (tertiary/aromatic N) is 6. The van der Waals surface area contributed by atoms with E-state index in [1.165, 1.54) is 32.6 Å². The lowest BCUT2D eigenvalue weighted by molar-refractivity contribution is -0.967. The van der Waals surface area contributed by atoms with Crippen LogP contribution in [-0.4, -0.2) is 97.5 Å². The summed E-state index contributed by atoms with van der Waals surface area (Å²) in [5, 5.41) is 9.47. The van der Waals surface area contributed by atoms with E-state index < -0.39 is 0 Å². The molecular formula is C13H26Br2N6O2. The number of rotatable bonds is 2. The molecule has 10 heteroatoms. The smallest absolute Gasteiger partial charge is 0.129 e. The summed E-state index contributed by atoms with van der Waals surface area (Å²) >= 11 is 0. The van der Waals surface area contributed by atoms with E-state index in [2.05, 4.69) is 10.6 Å². The highest BCUT2D eigenvalue weighted by atomic mass is 79.9. The van der Waals surface area contributed by atoms with Crippen LogP contribution in [0.1, 0.15) is 6.42 Å². The predicted molar refractivity (Wildman–Crippen MR) is 78.8 cm³/mol. The number of halogens is 2. The standard InChI is InChI=1S/C13H26N6O2.2BrH/c20-14-16-2-8-18(9-3-16)6-1-7-19(13-12-18)10-4-17(15-21)5-11-19;;/h1-13H2;2*1H/q+2;;/p-2. The minimum atomic E-state index is 0. The molecule has 23 heavy (non-hydrogen) atoms. The molecule has 0 N–H and O–H groups in total. The normalized spacial score (nSPS) is 25.9. The molecule has 3 rings (SSSR count). The minimum absolute atomic E-state index is 0. The van der Waals surface area contributed by atoms with Crippen LogP contribution in [0, 0.1) is 9.81 Å². The maximum absolute atomic E-state index is 10.6. The SMILES string of the molecule is O=NN1CC[N+]2(CCC[N+]3(CCN(N=O)CC3)CC2)CC1.[Br-].[Br-]. The van der Waals surface area contributed by atoms with Crippen LogP contribution in [-0.2, 0) is 0 Å². The van der Waals surface area contributed by atoms with Crippen LogP contribution in [0.3, 0.4) is 0 Å². The van der Waals surface area contributed by atoms with E-state index in [4.69, 9.17) is 0 Å². The first-order valence-electron chi connectivity index (χ1n) is 8.06. The molecule has 0 bridgehead atoms. The Bertz CT molecular complexity index is 362. The van der Waals surface area contributed by atoms with Crippen LogP contribution in [0.2, 0.25) is 0 Å². The molecule has 8 nitrogen and oxygen atoms in total. The number of quaternary nitrogens is 2. The molecule has 0 unspecified atom stereocenters. The monoisotopic (exact) mass is 456 g/mol. The van der Waals surface area contributed by atoms with E-state index >= 15 is 0 Å². The molecule has 0 aromatic rings. The van der Waals surface area contributed by atoms with Crippen molar-refractivity contribution >= 4 is 0 Å². The highest BCUT2D eigenvalue weighted by Gasteiger charge is 2.42. The summed E-state index contributed by atoms with van der Waals surface area (Å²) in [6.07, 6.45) is 1.24. The maximum Gasteiger partial charge on any atom is 0.129 e. The third-order valence-corrected chi connectivity index (χ3v) is 5.87. The first-order valence-corrected chi connectivity index (χ1v) is 8.06. The van der Waals surface area contributed by atoms with Crippen LogP contribution >= 0.6 is 0 Å². The molecule has 0 aromatic carbocycles. The molecule has 3 heterocycles. The molecule has 2 spiro atoms. The van der Waals surface area contributed by atoms with Crippen molar-refractivity contribution in [1.82, 2.24) is 10.0 Å². The second kappa shape index (κ2) is 8.68. The van der Waals surface area contributed by atoms with Crippen molar-refractivity contribution in [1.29, 1.82) is 0 Å². The minimum Gasteiger partial charge on any atom is -1.00 e. The van der Waals surface area contributed by atoms with E-state index in [9.17, 15) is 9.81 Å². The molecule has 3 aliphatic rings. The molecule has 134 valence electrons. The molecule has 0 saturated carbocycles. The van der Waals surface area contributed by atoms with Gasteiger partial charge in [0.05, 0.1) is 76.0 Å². The van der Waals surface area contributed by atoms with Crippen LogP contribution in [0.5, 0.6) is 0 Å². The fraction of sp³-hybridized carbons (Fsp3) is 1.00. The van der Waals surface area contributed by atoms with Gasteiger partial charge in [0.25, 0.3) is 0 Å². The van der Waals surface area contributed by atoms with E-state index in [0.29, 0.717) is 0 Å². The summed E-state index contributed by atoms with van der Waals surface area (Å²) in [4.78, 5) is 21.3. The first kappa shape index (κ1) is 20.7. The third kappa shape index (κ3) is 4.61. The Morgan fingerprint density at radius 2 is 0.913 bits per heavy atom. The van der Waals surface area contributed by atoms with E-state index in [1.54, 1.807) is 10.0 Å². The van der Waals surface area contributed by atoms with Gasteiger partial charge in [0.2, 0.25) is 0 Å². The van der Waals surface area contributed by atoms with E-state index in [0.717, 1.165) is 61.3 Å². The van der Waals surface area contributed by atoms with Crippen molar-refractivity contribution in [3.05, 3.63) is 9.81 Å². The zero-order valence-electron chi connectivity index (χ0n) is 13.4. The van der Waals surface area contributed by atoms with Crippen molar-refractivity contribution < 1.29 is 42.9 Å². The van der Waals surface area contributed by atoms with Gasteiger partial charge in [-0.2, -0.15) is 0 Å². The molecule has 3 saturated heterocycles. The molecule has 3 aliphatic heterocycles. The number of hydrogen-bond donors (Lipinski definition) is 0. The summed E-state index contributed by atoms with van der Waals surface area (Å²) in [5.41, 5.74) is 0. The van der Waals surface area contributed by atoms with Gasteiger partial charge < -0.3 is 42.9 Å². The summed E-state index contributed by atoms with van der Waals surface area (Å²) in [6, 6.07) is 0. The lowest BCUT2D eigenvalue weighted by Gasteiger charge is -2.44. The summed E-state index contributed by atoms with van der Waals surface area (Å²) in [6.45, 7) is 12.2. The largest absolute Gasteiger partial charge is 1.00 e. The Morgan fingerprint density at radius 1 is 0.565 bits per heavy atom. The zero-order valence-corrected chi connectivity index (χ0v) is 16.6. The molecule has 0 radical (unpaired) electrons. The van der Waals surface area contributed by atoms with Gasteiger partial charge in [0.1, 0.15) is 13.1 Å². The van der Waals surface area contributed by atoms with Crippen LogP contribution in [0.4, 0.5) is 0 Å². The fourth-order valence-electron chi connectivity index (χ4n) is 4.20. The van der Waals surface area contributed by atoms with Gasteiger partial charge in [-0.3, -0.25) is 0 Å². The Kier molecular flexibility index (Phi) is 7.82. The predicted octanol–water partition coefficient (Wildman–Crippen LogP) is -5.97. The van der Waals surface area contributed by atoms with Crippen LogP contribution in [0.15, 0.2) is 10.6 Å². The van der Waals surface area contributed by atoms with Crippen molar-refractivity contribution in [2.75, 3.05) is 78.5 Å². The summed E-state index contributed by atoms with van der Waals surface area (Å²) in [5.74, 6) is 0. The van der Waals surface area contributed by atoms with Crippen molar-refractivity contribution in [3.8, 4) is 0 Å². The second-order valence-corrected chi connectivity index (χ2v) is 6.90. The Balaban J connectivity index is 0.00000132. The van der Waals surface area contributed by atoms with Gasteiger partial charge in [-0.15, -0.1) is 9.81 Å². The second-order valence-electron chi connectivity index (χ2n) is 6.90. The van der Waals surface area contributed by atoms with E-state index in [-0.39, 0.29) is 34.0 Å². The molecular weight excluding hydrogens is 432 g/mol. The average Bonchev–Trinajstić information content (AvgIpc) is 2.70. The van der Waals surface area contributed by atoms with E-state index in [1.807, 2.05) is 0 Å². The average molecular weight is 458 g/mol. The number of nitroso groups, excluding NO2 is 2. The molecule has 0 atom stereocenters. The highest BCUT2D eigenvalue weighted by molar-refractivity contribution is 4.66. The Hall–Kier alpha value is -0.320. The number of piperazine rings is 2. The van der Waals surface area contributed by atoms with Crippen LogP contribution < -0.4 is 34.0 Å². The van der Waals surface area contributed by atoms with Gasteiger partial charge in [-0.05, 0) is 0 Å². The topological polar surface area (TPSA) is 65.3 Å². The van der Waals surface area contributed by atoms with Crippen LogP contribution in [0.25, 0.3) is 0 Å². The number of hydrogen-bond acceptors (Lipinski definition) is 4. The fourth-order valence-corrected chi connectivity index (χ4v) is 4.20. The first-order chi connectivity index (χ1) is 10.2. The lowest BCUT2D eigenvalue weighted by atomic mass is 10.2. The Labute approximate surface area is 158 Å². The van der Waals surface area contributed by atoms with Gasteiger partial charge in [0, 0.05) is 6.42 Å². The lowest BCUT2D eigenvalue weighted by Crippen LogP contribution is -3.00. The summed E-state index contributed by atoms with van der Waals surface area (Å²) < 4.78 is 2.31. The van der Waals surface area contributed by atoms with Crippen molar-refractivity contribution in [2.45, 2.75) is 6.42 Å². The summed E-state index contributed by atoms with van der Waals surface area (Å²) in [7, 11) is 0. The molecule has 3 fully saturated rings.